The molecular formula is C33H27ClN4O7S3. The normalized spacial score (nSPS) is 27.0. The van der Waals surface area contributed by atoms with Crippen LogP contribution in [-0.4, -0.2) is 43.0 Å². The van der Waals surface area contributed by atoms with Crippen molar-refractivity contribution in [3.63, 3.8) is 0 Å². The van der Waals surface area contributed by atoms with Crippen LogP contribution in [0, 0.1) is 29.6 Å². The second kappa shape index (κ2) is 11.6. The number of hydrogen-bond acceptors (Lipinski definition) is 9. The van der Waals surface area contributed by atoms with E-state index in [-0.39, 0.29) is 57.1 Å². The van der Waals surface area contributed by atoms with Crippen LogP contribution < -0.4 is 25.0 Å². The standard InChI is InChI=1S/C33H27ClN4O7S3/c34-16-3-7-18(8-4-16)38-31(40)26-21-13-22(27(26)32(38)41)28-25(21)24(29-30(46-28)37-33(42)47-29)15-1-9-19(10-2-15)45-14-23(39)36-17-5-11-20(12-6-17)48(35,43)44/h1-12,21-22,24-28H,13-14H2,(H,36,39)(H,37,42)(H2,35,43,44)/t21-,22-,24+,25-,26+,27+,28-/m1/s1. The largest absolute Gasteiger partial charge is 0.484 e. The van der Waals surface area contributed by atoms with E-state index in [4.69, 9.17) is 21.5 Å². The molecule has 3 aromatic carbocycles. The van der Waals surface area contributed by atoms with Crippen molar-refractivity contribution < 1.29 is 27.5 Å². The Morgan fingerprint density at radius 1 is 0.958 bits per heavy atom. The van der Waals surface area contributed by atoms with Gasteiger partial charge in [0.05, 0.1) is 27.4 Å². The first kappa shape index (κ1) is 31.3. The Labute approximate surface area is 287 Å². The summed E-state index contributed by atoms with van der Waals surface area (Å²) in [5.41, 5.74) is 1.89. The van der Waals surface area contributed by atoms with Crippen molar-refractivity contribution in [2.45, 2.75) is 27.5 Å². The minimum atomic E-state index is -3.84. The molecule has 11 nitrogen and oxygen atoms in total. The first-order valence-electron chi connectivity index (χ1n) is 15.2. The fourth-order valence-corrected chi connectivity index (χ4v) is 11.6. The predicted octanol–water partition coefficient (Wildman–Crippen LogP) is 4.43. The number of imide groups is 1. The van der Waals surface area contributed by atoms with Gasteiger partial charge in [-0.2, -0.15) is 0 Å². The summed E-state index contributed by atoms with van der Waals surface area (Å²) in [5.74, 6) is -1.26. The number of aromatic amines is 1. The third-order valence-electron chi connectivity index (χ3n) is 9.88. The van der Waals surface area contributed by atoms with Crippen molar-refractivity contribution >= 4 is 73.8 Å². The predicted molar refractivity (Wildman–Crippen MR) is 181 cm³/mol. The minimum Gasteiger partial charge on any atom is -0.484 e. The van der Waals surface area contributed by atoms with Crippen molar-refractivity contribution in [2.24, 2.45) is 34.7 Å². The number of halogens is 1. The molecule has 1 saturated heterocycles. The van der Waals surface area contributed by atoms with Crippen LogP contribution in [0.3, 0.4) is 0 Å². The summed E-state index contributed by atoms with van der Waals surface area (Å²) in [7, 11) is -3.84. The molecule has 48 heavy (non-hydrogen) atoms. The topological polar surface area (TPSA) is 169 Å². The Morgan fingerprint density at radius 3 is 2.29 bits per heavy atom. The number of carbonyl (C=O) groups is 3. The number of benzene rings is 3. The maximum Gasteiger partial charge on any atom is 0.305 e. The molecule has 0 spiro atoms. The van der Waals surface area contributed by atoms with Crippen LogP contribution in [0.5, 0.6) is 5.75 Å². The minimum absolute atomic E-state index is 0.000155. The number of amides is 3. The van der Waals surface area contributed by atoms with Gasteiger partial charge in [-0.25, -0.2) is 13.6 Å². The first-order chi connectivity index (χ1) is 23.0. The number of aromatic nitrogens is 1. The third-order valence-corrected chi connectivity index (χ3v) is 13.7. The number of nitrogens with zero attached hydrogens (tertiary/aromatic N) is 1. The number of fused-ring (bicyclic) bond motifs is 9. The molecule has 2 bridgehead atoms. The molecule has 15 heteroatoms. The first-order valence-corrected chi connectivity index (χ1v) is 18.8. The second-order valence-electron chi connectivity index (χ2n) is 12.4. The number of nitrogens with two attached hydrogens (primary N) is 1. The fourth-order valence-electron chi connectivity index (χ4n) is 8.08. The van der Waals surface area contributed by atoms with E-state index in [1.165, 1.54) is 40.5 Å². The summed E-state index contributed by atoms with van der Waals surface area (Å²) in [5, 5.41) is 9.18. The van der Waals surface area contributed by atoms with E-state index >= 15 is 0 Å². The second-order valence-corrected chi connectivity index (χ2v) is 16.6. The highest BCUT2D eigenvalue weighted by Crippen LogP contribution is 2.68. The van der Waals surface area contributed by atoms with Crippen LogP contribution >= 0.6 is 34.7 Å². The number of H-pyrrole nitrogens is 1. The van der Waals surface area contributed by atoms with Gasteiger partial charge in [-0.3, -0.25) is 24.1 Å². The van der Waals surface area contributed by atoms with Crippen LogP contribution in [0.15, 0.2) is 87.5 Å². The number of thiazole rings is 1. The summed E-state index contributed by atoms with van der Waals surface area (Å²) >= 11 is 8.89. The summed E-state index contributed by atoms with van der Waals surface area (Å²) in [6.45, 7) is -0.280. The summed E-state index contributed by atoms with van der Waals surface area (Å²) in [6.07, 6.45) is 0.778. The summed E-state index contributed by atoms with van der Waals surface area (Å²) in [4.78, 5) is 57.9. The molecule has 2 aliphatic heterocycles. The lowest BCUT2D eigenvalue weighted by atomic mass is 9.68. The molecule has 0 radical (unpaired) electrons. The molecule has 2 aliphatic carbocycles. The van der Waals surface area contributed by atoms with Crippen LogP contribution in [0.25, 0.3) is 0 Å². The lowest BCUT2D eigenvalue weighted by molar-refractivity contribution is -0.123. The van der Waals surface area contributed by atoms with Gasteiger partial charge in [0.15, 0.2) is 6.61 Å². The Bertz CT molecular complexity index is 2130. The Morgan fingerprint density at radius 2 is 1.62 bits per heavy atom. The Hall–Kier alpha value is -3.95. The highest BCUT2D eigenvalue weighted by molar-refractivity contribution is 8.00. The number of anilines is 2. The van der Waals surface area contributed by atoms with Gasteiger partial charge in [-0.05, 0) is 90.4 Å². The number of thioether (sulfide) groups is 1. The number of primary sulfonamides is 1. The van der Waals surface area contributed by atoms with Gasteiger partial charge in [0.2, 0.25) is 21.8 Å². The SMILES string of the molecule is NS(=O)(=O)c1ccc(NC(=O)COc2ccc([C@@H]3c4sc(=O)[nH]c4S[C@@H]4[C@@H]5C[C@@H]([C@@H]6C(=O)N(c7ccc(Cl)cc7)C(=O)[C@@H]56)[C@H]34)cc2)cc1. The molecule has 7 atom stereocenters. The Balaban J connectivity index is 1.02. The van der Waals surface area contributed by atoms with E-state index in [1.807, 2.05) is 12.1 Å². The van der Waals surface area contributed by atoms with Gasteiger partial charge in [0.1, 0.15) is 5.75 Å². The average molecular weight is 723 g/mol. The molecule has 8 rings (SSSR count). The number of ether oxygens (including phenoxy) is 1. The van der Waals surface area contributed by atoms with Crippen molar-refractivity contribution in [2.75, 3.05) is 16.8 Å². The van der Waals surface area contributed by atoms with Crippen LogP contribution in [-0.2, 0) is 24.4 Å². The molecule has 246 valence electrons. The number of hydrogen-bond donors (Lipinski definition) is 3. The maximum absolute atomic E-state index is 13.9. The fraction of sp³-hybridized carbons (Fsp3) is 0.273. The molecule has 1 aromatic heterocycles. The Kier molecular flexibility index (Phi) is 7.56. The van der Waals surface area contributed by atoms with E-state index in [0.717, 1.165) is 21.9 Å². The van der Waals surface area contributed by atoms with Crippen LogP contribution in [0.1, 0.15) is 22.8 Å². The highest BCUT2D eigenvalue weighted by atomic mass is 35.5. The molecule has 3 fully saturated rings. The molecule has 4 aliphatic rings. The zero-order valence-corrected chi connectivity index (χ0v) is 28.1. The van der Waals surface area contributed by atoms with Gasteiger partial charge in [0.25, 0.3) is 5.91 Å². The summed E-state index contributed by atoms with van der Waals surface area (Å²) < 4.78 is 28.7. The zero-order chi connectivity index (χ0) is 33.5. The van der Waals surface area contributed by atoms with Crippen molar-refractivity contribution in [1.29, 1.82) is 0 Å². The number of nitrogens with one attached hydrogen (secondary N) is 2. The van der Waals surface area contributed by atoms with Crippen LogP contribution in [0.4, 0.5) is 11.4 Å². The number of carbonyl (C=O) groups excluding carboxylic acids is 3. The number of rotatable bonds is 7. The molecular weight excluding hydrogens is 696 g/mol. The van der Waals surface area contributed by atoms with E-state index in [0.29, 0.717) is 22.1 Å². The lowest BCUT2D eigenvalue weighted by Gasteiger charge is -2.43. The molecule has 0 unspecified atom stereocenters. The lowest BCUT2D eigenvalue weighted by Crippen LogP contribution is -2.42. The maximum atomic E-state index is 13.9. The van der Waals surface area contributed by atoms with Gasteiger partial charge in [-0.1, -0.05) is 35.1 Å². The van der Waals surface area contributed by atoms with Gasteiger partial charge < -0.3 is 15.0 Å². The van der Waals surface area contributed by atoms with Crippen molar-refractivity contribution in [1.82, 2.24) is 4.98 Å². The van der Waals surface area contributed by atoms with Crippen molar-refractivity contribution in [3.8, 4) is 5.75 Å². The monoisotopic (exact) mass is 722 g/mol. The smallest absolute Gasteiger partial charge is 0.305 e. The van der Waals surface area contributed by atoms with E-state index in [2.05, 4.69) is 10.3 Å². The summed E-state index contributed by atoms with van der Waals surface area (Å²) in [6, 6.07) is 19.7. The van der Waals surface area contributed by atoms with Crippen LogP contribution in [0.2, 0.25) is 5.02 Å². The van der Waals surface area contributed by atoms with Gasteiger partial charge in [0, 0.05) is 26.8 Å². The number of sulfonamides is 1. The van der Waals surface area contributed by atoms with Gasteiger partial charge in [-0.15, -0.1) is 11.8 Å². The van der Waals surface area contributed by atoms with E-state index < -0.39 is 27.8 Å². The molecule has 3 heterocycles. The molecule has 2 saturated carbocycles. The quantitative estimate of drug-likeness (QED) is 0.236. The van der Waals surface area contributed by atoms with Crippen molar-refractivity contribution in [3.05, 3.63) is 97.9 Å². The molecule has 4 aromatic rings. The zero-order valence-electron chi connectivity index (χ0n) is 24.9. The molecule has 4 N–H and O–H groups in total. The average Bonchev–Trinajstić information content (AvgIpc) is 3.79. The van der Waals surface area contributed by atoms with E-state index in [1.54, 1.807) is 48.2 Å². The molecule has 3 amide bonds. The van der Waals surface area contributed by atoms with Gasteiger partial charge >= 0.3 is 4.87 Å². The highest BCUT2D eigenvalue weighted by Gasteiger charge is 2.69. The third kappa shape index (κ3) is 5.17. The van der Waals surface area contributed by atoms with E-state index in [9.17, 15) is 27.6 Å².